The fraction of sp³-hybridized carbons (Fsp3) is 0.917. The van der Waals surface area contributed by atoms with Crippen LogP contribution in [0.25, 0.3) is 0 Å². The fourth-order valence-electron chi connectivity index (χ4n) is 1.72. The van der Waals surface area contributed by atoms with Crippen molar-refractivity contribution in [3.05, 3.63) is 0 Å². The van der Waals surface area contributed by atoms with Crippen LogP contribution in [0.5, 0.6) is 0 Å². The van der Waals surface area contributed by atoms with Gasteiger partial charge in [0.15, 0.2) is 6.29 Å². The van der Waals surface area contributed by atoms with E-state index < -0.39 is 0 Å². The number of nitrogens with two attached hydrogens (primary N) is 1. The van der Waals surface area contributed by atoms with Gasteiger partial charge in [-0.2, -0.15) is 0 Å². The molecule has 17 heavy (non-hydrogen) atoms. The number of rotatable bonds is 9. The second-order valence-corrected chi connectivity index (χ2v) is 4.64. The van der Waals surface area contributed by atoms with E-state index in [-0.39, 0.29) is 18.1 Å². The number of methoxy groups -OCH3 is 2. The van der Waals surface area contributed by atoms with Crippen LogP contribution in [0.15, 0.2) is 0 Å². The van der Waals surface area contributed by atoms with Crippen molar-refractivity contribution in [2.45, 2.75) is 33.0 Å². The summed E-state index contributed by atoms with van der Waals surface area (Å²) in [5.41, 5.74) is 5.65. The third-order valence-electron chi connectivity index (χ3n) is 2.60. The Kier molecular flexibility index (Phi) is 9.03. The second kappa shape index (κ2) is 9.39. The number of hydrogen-bond acceptors (Lipinski definition) is 4. The van der Waals surface area contributed by atoms with Crippen LogP contribution >= 0.6 is 0 Å². The van der Waals surface area contributed by atoms with E-state index >= 15 is 0 Å². The highest BCUT2D eigenvalue weighted by molar-refractivity contribution is 5.76. The molecule has 0 aromatic heterocycles. The average molecular weight is 246 g/mol. The van der Waals surface area contributed by atoms with Crippen LogP contribution in [0.1, 0.15) is 26.7 Å². The van der Waals surface area contributed by atoms with Gasteiger partial charge in [0.1, 0.15) is 0 Å². The molecule has 0 aromatic rings. The van der Waals surface area contributed by atoms with Crippen LogP contribution in [-0.4, -0.2) is 39.5 Å². The molecule has 0 aliphatic rings. The Labute approximate surface area is 104 Å². The van der Waals surface area contributed by atoms with Crippen LogP contribution in [0.3, 0.4) is 0 Å². The van der Waals surface area contributed by atoms with Gasteiger partial charge in [-0.1, -0.05) is 13.8 Å². The maximum Gasteiger partial charge on any atom is 0.220 e. The molecule has 1 atom stereocenters. The topological polar surface area (TPSA) is 73.6 Å². The van der Waals surface area contributed by atoms with Crippen LogP contribution in [0.4, 0.5) is 0 Å². The number of carbonyl (C=O) groups excluding carboxylic acids is 1. The van der Waals surface area contributed by atoms with Crippen molar-refractivity contribution in [1.29, 1.82) is 0 Å². The smallest absolute Gasteiger partial charge is 0.220 e. The van der Waals surface area contributed by atoms with Crippen molar-refractivity contribution in [3.63, 3.8) is 0 Å². The van der Waals surface area contributed by atoms with Gasteiger partial charge < -0.3 is 20.5 Å². The molecule has 5 nitrogen and oxygen atoms in total. The summed E-state index contributed by atoms with van der Waals surface area (Å²) in [6.07, 6.45) is 1.05. The van der Waals surface area contributed by atoms with Gasteiger partial charge in [0.25, 0.3) is 0 Å². The van der Waals surface area contributed by atoms with Crippen LogP contribution < -0.4 is 11.1 Å². The van der Waals surface area contributed by atoms with Gasteiger partial charge in [0.05, 0.1) is 6.54 Å². The molecule has 0 fully saturated rings. The van der Waals surface area contributed by atoms with Gasteiger partial charge in [-0.3, -0.25) is 4.79 Å². The van der Waals surface area contributed by atoms with E-state index in [1.165, 1.54) is 0 Å². The van der Waals surface area contributed by atoms with Gasteiger partial charge in [-0.25, -0.2) is 0 Å². The number of carbonyl (C=O) groups is 1. The molecule has 0 aliphatic carbocycles. The first-order chi connectivity index (χ1) is 8.03. The maximum atomic E-state index is 11.7. The Morgan fingerprint density at radius 2 is 1.88 bits per heavy atom. The summed E-state index contributed by atoms with van der Waals surface area (Å²) >= 11 is 0. The molecule has 0 unspecified atom stereocenters. The Bertz CT molecular complexity index is 206. The third kappa shape index (κ3) is 8.12. The molecule has 0 bridgehead atoms. The van der Waals surface area contributed by atoms with Gasteiger partial charge >= 0.3 is 0 Å². The normalized spacial score (nSPS) is 13.1. The van der Waals surface area contributed by atoms with Crippen molar-refractivity contribution >= 4 is 5.91 Å². The molecular weight excluding hydrogens is 220 g/mol. The Morgan fingerprint density at radius 1 is 1.29 bits per heavy atom. The van der Waals surface area contributed by atoms with Crippen molar-refractivity contribution in [2.24, 2.45) is 17.6 Å². The molecule has 0 heterocycles. The molecule has 0 aromatic carbocycles. The molecule has 0 radical (unpaired) electrons. The number of amides is 1. The van der Waals surface area contributed by atoms with Crippen LogP contribution in [0, 0.1) is 11.8 Å². The highest BCUT2D eigenvalue weighted by Crippen LogP contribution is 2.13. The standard InChI is InChI=1S/C12H26N2O3/c1-9(2)5-10(7-13)6-11(15)14-8-12(16-3)17-4/h9-10,12H,5-8,13H2,1-4H3,(H,14,15)/t10-/m0/s1. The molecular formula is C12H26N2O3. The molecule has 0 saturated heterocycles. The summed E-state index contributed by atoms with van der Waals surface area (Å²) in [5, 5.41) is 2.78. The minimum atomic E-state index is -0.389. The first-order valence-corrected chi connectivity index (χ1v) is 6.05. The summed E-state index contributed by atoms with van der Waals surface area (Å²) < 4.78 is 9.97. The Balaban J connectivity index is 3.90. The molecule has 5 heteroatoms. The number of ether oxygens (including phenoxy) is 2. The average Bonchev–Trinajstić information content (AvgIpc) is 2.28. The van der Waals surface area contributed by atoms with E-state index in [0.717, 1.165) is 6.42 Å². The highest BCUT2D eigenvalue weighted by Gasteiger charge is 2.15. The lowest BCUT2D eigenvalue weighted by Crippen LogP contribution is -2.36. The zero-order chi connectivity index (χ0) is 13.3. The molecule has 102 valence electrons. The zero-order valence-corrected chi connectivity index (χ0v) is 11.4. The zero-order valence-electron chi connectivity index (χ0n) is 11.4. The fourth-order valence-corrected chi connectivity index (χ4v) is 1.72. The Morgan fingerprint density at radius 3 is 2.29 bits per heavy atom. The summed E-state index contributed by atoms with van der Waals surface area (Å²) in [4.78, 5) is 11.7. The first kappa shape index (κ1) is 16.4. The quantitative estimate of drug-likeness (QED) is 0.588. The van der Waals surface area contributed by atoms with Crippen molar-refractivity contribution in [3.8, 4) is 0 Å². The summed E-state index contributed by atoms with van der Waals surface area (Å²) in [7, 11) is 3.09. The van der Waals surface area contributed by atoms with Gasteiger partial charge in [0.2, 0.25) is 5.91 Å². The highest BCUT2D eigenvalue weighted by atomic mass is 16.7. The number of hydrogen-bond donors (Lipinski definition) is 2. The minimum Gasteiger partial charge on any atom is -0.354 e. The monoisotopic (exact) mass is 246 g/mol. The minimum absolute atomic E-state index is 0.000185. The molecule has 0 saturated carbocycles. The maximum absolute atomic E-state index is 11.7. The van der Waals surface area contributed by atoms with Crippen molar-refractivity contribution in [2.75, 3.05) is 27.3 Å². The molecule has 3 N–H and O–H groups in total. The lowest BCUT2D eigenvalue weighted by molar-refractivity contribution is -0.128. The van der Waals surface area contributed by atoms with E-state index in [1.54, 1.807) is 14.2 Å². The largest absolute Gasteiger partial charge is 0.354 e. The lowest BCUT2D eigenvalue weighted by atomic mass is 9.94. The predicted molar refractivity (Wildman–Crippen MR) is 67.4 cm³/mol. The lowest BCUT2D eigenvalue weighted by Gasteiger charge is -2.18. The van der Waals surface area contributed by atoms with E-state index in [1.807, 2.05) is 0 Å². The van der Waals surface area contributed by atoms with Crippen molar-refractivity contribution < 1.29 is 14.3 Å². The SMILES string of the molecule is COC(CNC(=O)C[C@@H](CN)CC(C)C)OC. The second-order valence-electron chi connectivity index (χ2n) is 4.64. The van der Waals surface area contributed by atoms with E-state index in [0.29, 0.717) is 25.4 Å². The van der Waals surface area contributed by atoms with E-state index in [2.05, 4.69) is 19.2 Å². The van der Waals surface area contributed by atoms with E-state index in [9.17, 15) is 4.79 Å². The van der Waals surface area contributed by atoms with Gasteiger partial charge in [-0.15, -0.1) is 0 Å². The van der Waals surface area contributed by atoms with Crippen LogP contribution in [0.2, 0.25) is 0 Å². The molecule has 0 aliphatic heterocycles. The molecule has 1 amide bonds. The van der Waals surface area contributed by atoms with Crippen molar-refractivity contribution in [1.82, 2.24) is 5.32 Å². The third-order valence-corrected chi connectivity index (χ3v) is 2.60. The summed E-state index contributed by atoms with van der Waals surface area (Å²) in [6.45, 7) is 5.17. The van der Waals surface area contributed by atoms with Crippen LogP contribution in [-0.2, 0) is 14.3 Å². The Hall–Kier alpha value is -0.650. The van der Waals surface area contributed by atoms with Gasteiger partial charge in [-0.05, 0) is 24.8 Å². The molecule has 0 spiro atoms. The van der Waals surface area contributed by atoms with E-state index in [4.69, 9.17) is 15.2 Å². The predicted octanol–water partition coefficient (Wildman–Crippen LogP) is 0.733. The van der Waals surface area contributed by atoms with Gasteiger partial charge in [0, 0.05) is 20.6 Å². The first-order valence-electron chi connectivity index (χ1n) is 6.05. The summed E-state index contributed by atoms with van der Waals surface area (Å²) in [5.74, 6) is 0.806. The molecule has 0 rings (SSSR count). The summed E-state index contributed by atoms with van der Waals surface area (Å²) in [6, 6.07) is 0. The number of nitrogens with one attached hydrogen (secondary N) is 1.